The summed E-state index contributed by atoms with van der Waals surface area (Å²) in [6.45, 7) is 2.41. The number of aliphatic carboxylic acids is 1. The van der Waals surface area contributed by atoms with Gasteiger partial charge in [0.2, 0.25) is 0 Å². The van der Waals surface area contributed by atoms with E-state index < -0.39 is 18.0 Å². The van der Waals surface area contributed by atoms with E-state index in [-0.39, 0.29) is 13.0 Å². The molecule has 0 spiro atoms. The second-order valence-corrected chi connectivity index (χ2v) is 3.98. The third-order valence-corrected chi connectivity index (χ3v) is 2.46. The van der Waals surface area contributed by atoms with E-state index in [0.717, 1.165) is 19.3 Å². The maximum absolute atomic E-state index is 11.6. The van der Waals surface area contributed by atoms with E-state index in [4.69, 9.17) is 10.2 Å². The summed E-state index contributed by atoms with van der Waals surface area (Å²) in [5.41, 5.74) is 0. The number of carboxylic acids is 1. The molecular formula is C11H22N2O4. The first kappa shape index (κ1) is 15.7. The Labute approximate surface area is 102 Å². The lowest BCUT2D eigenvalue weighted by atomic mass is 10.2. The summed E-state index contributed by atoms with van der Waals surface area (Å²) in [6, 6.07) is -1.44. The molecule has 0 bridgehead atoms. The van der Waals surface area contributed by atoms with Crippen LogP contribution in [0.2, 0.25) is 0 Å². The minimum Gasteiger partial charge on any atom is -0.480 e. The molecule has 17 heavy (non-hydrogen) atoms. The van der Waals surface area contributed by atoms with Crippen molar-refractivity contribution in [1.29, 1.82) is 0 Å². The Bertz CT molecular complexity index is 246. The van der Waals surface area contributed by atoms with Crippen molar-refractivity contribution in [2.75, 3.05) is 20.2 Å². The van der Waals surface area contributed by atoms with E-state index in [1.54, 1.807) is 7.05 Å². The first-order chi connectivity index (χ1) is 8.02. The monoisotopic (exact) mass is 246 g/mol. The molecule has 0 heterocycles. The molecule has 0 fully saturated rings. The zero-order chi connectivity index (χ0) is 13.3. The van der Waals surface area contributed by atoms with Crippen LogP contribution in [0, 0.1) is 0 Å². The number of unbranched alkanes of at least 4 members (excludes halogenated alkanes) is 2. The number of nitrogens with one attached hydrogen (secondary N) is 1. The molecule has 0 rings (SSSR count). The molecule has 0 radical (unpaired) electrons. The third kappa shape index (κ3) is 6.78. The third-order valence-electron chi connectivity index (χ3n) is 2.46. The lowest BCUT2D eigenvalue weighted by molar-refractivity contribution is -0.139. The maximum atomic E-state index is 11.6. The molecule has 0 aromatic heterocycles. The second-order valence-electron chi connectivity index (χ2n) is 3.98. The molecule has 0 saturated heterocycles. The van der Waals surface area contributed by atoms with Crippen LogP contribution >= 0.6 is 0 Å². The van der Waals surface area contributed by atoms with Gasteiger partial charge in [0.1, 0.15) is 6.04 Å². The van der Waals surface area contributed by atoms with E-state index in [0.29, 0.717) is 6.54 Å². The maximum Gasteiger partial charge on any atom is 0.326 e. The molecule has 2 amide bonds. The first-order valence-corrected chi connectivity index (χ1v) is 5.88. The van der Waals surface area contributed by atoms with Crippen molar-refractivity contribution in [1.82, 2.24) is 10.2 Å². The van der Waals surface area contributed by atoms with Crippen LogP contribution in [0.15, 0.2) is 0 Å². The number of carboxylic acid groups (broad SMARTS) is 1. The zero-order valence-corrected chi connectivity index (χ0v) is 10.5. The molecule has 0 aromatic rings. The molecule has 0 aliphatic carbocycles. The van der Waals surface area contributed by atoms with E-state index >= 15 is 0 Å². The van der Waals surface area contributed by atoms with Crippen LogP contribution in [0.3, 0.4) is 0 Å². The topological polar surface area (TPSA) is 89.9 Å². The summed E-state index contributed by atoms with van der Waals surface area (Å²) in [6.07, 6.45) is 3.02. The number of aliphatic hydroxyl groups excluding tert-OH is 1. The smallest absolute Gasteiger partial charge is 0.326 e. The predicted octanol–water partition coefficient (Wildman–Crippen LogP) is 0.654. The molecule has 100 valence electrons. The summed E-state index contributed by atoms with van der Waals surface area (Å²) in [5.74, 6) is -1.13. The number of hydrogen-bond donors (Lipinski definition) is 3. The second kappa shape index (κ2) is 8.81. The molecule has 0 aliphatic rings. The molecule has 0 aromatic carbocycles. The van der Waals surface area contributed by atoms with E-state index in [1.807, 2.05) is 0 Å². The molecule has 1 atom stereocenters. The van der Waals surface area contributed by atoms with Gasteiger partial charge in [-0.3, -0.25) is 0 Å². The summed E-state index contributed by atoms with van der Waals surface area (Å²) >= 11 is 0. The van der Waals surface area contributed by atoms with E-state index in [2.05, 4.69) is 12.2 Å². The van der Waals surface area contributed by atoms with Crippen LogP contribution in [0.4, 0.5) is 4.79 Å². The van der Waals surface area contributed by atoms with Gasteiger partial charge in [0, 0.05) is 26.6 Å². The standard InChI is InChI=1S/C11H22N2O4/c1-3-4-5-7-13(2)11(17)12-9(6-8-14)10(15)16/h9,14H,3-8H2,1-2H3,(H,12,17)(H,15,16). The van der Waals surface area contributed by atoms with Crippen molar-refractivity contribution in [2.24, 2.45) is 0 Å². The first-order valence-electron chi connectivity index (χ1n) is 5.88. The van der Waals surface area contributed by atoms with Crippen LogP contribution in [0.25, 0.3) is 0 Å². The number of carbonyl (C=O) groups is 2. The fourth-order valence-corrected chi connectivity index (χ4v) is 1.35. The minimum absolute atomic E-state index is 0.0177. The fourth-order valence-electron chi connectivity index (χ4n) is 1.35. The number of nitrogens with zero attached hydrogens (tertiary/aromatic N) is 1. The van der Waals surface area contributed by atoms with Gasteiger partial charge in [-0.15, -0.1) is 0 Å². The lowest BCUT2D eigenvalue weighted by Gasteiger charge is -2.20. The van der Waals surface area contributed by atoms with Gasteiger partial charge in [-0.2, -0.15) is 0 Å². The summed E-state index contributed by atoms with van der Waals surface area (Å²) < 4.78 is 0. The summed E-state index contributed by atoms with van der Waals surface area (Å²) in [5, 5.41) is 19.9. The van der Waals surface area contributed by atoms with Gasteiger partial charge >= 0.3 is 12.0 Å². The van der Waals surface area contributed by atoms with Crippen molar-refractivity contribution in [3.8, 4) is 0 Å². The van der Waals surface area contributed by atoms with Crippen molar-refractivity contribution < 1.29 is 19.8 Å². The molecular weight excluding hydrogens is 224 g/mol. The van der Waals surface area contributed by atoms with Crippen LogP contribution in [-0.2, 0) is 4.79 Å². The quantitative estimate of drug-likeness (QED) is 0.549. The zero-order valence-electron chi connectivity index (χ0n) is 10.5. The number of rotatable bonds is 8. The average Bonchev–Trinajstić information content (AvgIpc) is 2.28. The van der Waals surface area contributed by atoms with Crippen LogP contribution < -0.4 is 5.32 Å². The highest BCUT2D eigenvalue weighted by Gasteiger charge is 2.20. The summed E-state index contributed by atoms with van der Waals surface area (Å²) in [7, 11) is 1.63. The van der Waals surface area contributed by atoms with Gasteiger partial charge in [0.25, 0.3) is 0 Å². The number of amides is 2. The number of aliphatic hydroxyl groups is 1. The predicted molar refractivity (Wildman–Crippen MR) is 63.8 cm³/mol. The fraction of sp³-hybridized carbons (Fsp3) is 0.818. The van der Waals surface area contributed by atoms with Crippen LogP contribution in [-0.4, -0.2) is 53.4 Å². The largest absolute Gasteiger partial charge is 0.480 e. The highest BCUT2D eigenvalue weighted by Crippen LogP contribution is 1.98. The Balaban J connectivity index is 4.06. The molecule has 6 nitrogen and oxygen atoms in total. The van der Waals surface area contributed by atoms with Gasteiger partial charge in [0.05, 0.1) is 0 Å². The highest BCUT2D eigenvalue weighted by molar-refractivity contribution is 5.82. The van der Waals surface area contributed by atoms with Crippen molar-refractivity contribution >= 4 is 12.0 Å². The minimum atomic E-state index is -1.13. The van der Waals surface area contributed by atoms with Crippen LogP contribution in [0.5, 0.6) is 0 Å². The summed E-state index contributed by atoms with van der Waals surface area (Å²) in [4.78, 5) is 23.8. The van der Waals surface area contributed by atoms with Gasteiger partial charge < -0.3 is 20.4 Å². The van der Waals surface area contributed by atoms with E-state index in [1.165, 1.54) is 4.90 Å². The van der Waals surface area contributed by atoms with Gasteiger partial charge in [-0.1, -0.05) is 19.8 Å². The molecule has 0 saturated carbocycles. The van der Waals surface area contributed by atoms with E-state index in [9.17, 15) is 9.59 Å². The SMILES string of the molecule is CCCCCN(C)C(=O)NC(CCO)C(=O)O. The lowest BCUT2D eigenvalue weighted by Crippen LogP contribution is -2.47. The van der Waals surface area contributed by atoms with Gasteiger partial charge in [-0.25, -0.2) is 9.59 Å². The normalized spacial score (nSPS) is 11.9. The Morgan fingerprint density at radius 2 is 2.00 bits per heavy atom. The molecule has 0 aliphatic heterocycles. The Morgan fingerprint density at radius 3 is 2.47 bits per heavy atom. The number of hydrogen-bond acceptors (Lipinski definition) is 3. The average molecular weight is 246 g/mol. The molecule has 1 unspecified atom stereocenters. The molecule has 3 N–H and O–H groups in total. The van der Waals surface area contributed by atoms with Gasteiger partial charge in [0.15, 0.2) is 0 Å². The number of carbonyl (C=O) groups excluding carboxylic acids is 1. The highest BCUT2D eigenvalue weighted by atomic mass is 16.4. The van der Waals surface area contributed by atoms with Crippen molar-refractivity contribution in [3.05, 3.63) is 0 Å². The Hall–Kier alpha value is -1.30. The van der Waals surface area contributed by atoms with Gasteiger partial charge in [-0.05, 0) is 6.42 Å². The molecule has 6 heteroatoms. The van der Waals surface area contributed by atoms with Crippen molar-refractivity contribution in [2.45, 2.75) is 38.6 Å². The van der Waals surface area contributed by atoms with Crippen LogP contribution in [0.1, 0.15) is 32.6 Å². The number of urea groups is 1. The Kier molecular flexibility index (Phi) is 8.13. The Morgan fingerprint density at radius 1 is 1.35 bits per heavy atom. The van der Waals surface area contributed by atoms with Crippen molar-refractivity contribution in [3.63, 3.8) is 0 Å².